The molecule has 0 amide bonds. The fourth-order valence-electron chi connectivity index (χ4n) is 1.07. The topological polar surface area (TPSA) is 101 Å². The predicted molar refractivity (Wildman–Crippen MR) is 46.6 cm³/mol. The Morgan fingerprint density at radius 1 is 1.29 bits per heavy atom. The van der Waals surface area contributed by atoms with Crippen LogP contribution in [-0.4, -0.2) is 34.9 Å². The smallest absolute Gasteiger partial charge is 0.320 e. The van der Waals surface area contributed by atoms with Crippen molar-refractivity contribution in [3.05, 3.63) is 0 Å². The number of alkyl halides is 1. The van der Waals surface area contributed by atoms with E-state index in [2.05, 4.69) is 0 Å². The summed E-state index contributed by atoms with van der Waals surface area (Å²) in [4.78, 5) is 20.9. The molecule has 0 heterocycles. The molecule has 4 N–H and O–H groups in total. The van der Waals surface area contributed by atoms with Crippen LogP contribution in [-0.2, 0) is 9.59 Å². The van der Waals surface area contributed by atoms with E-state index in [1.165, 1.54) is 0 Å². The van der Waals surface area contributed by atoms with Crippen LogP contribution in [0.2, 0.25) is 0 Å². The van der Waals surface area contributed by atoms with Gasteiger partial charge in [0.2, 0.25) is 0 Å². The lowest BCUT2D eigenvalue weighted by Crippen LogP contribution is -2.34. The van der Waals surface area contributed by atoms with E-state index in [0.717, 1.165) is 0 Å². The molecule has 0 aromatic rings. The Labute approximate surface area is 80.7 Å². The Morgan fingerprint density at radius 3 is 2.21 bits per heavy atom. The minimum absolute atomic E-state index is 0.114. The zero-order valence-corrected chi connectivity index (χ0v) is 7.65. The van der Waals surface area contributed by atoms with Crippen molar-refractivity contribution in [2.75, 3.05) is 6.67 Å². The average Bonchev–Trinajstić information content (AvgIpc) is 2.10. The van der Waals surface area contributed by atoms with Crippen molar-refractivity contribution >= 4 is 11.9 Å². The lowest BCUT2D eigenvalue weighted by molar-refractivity contribution is -0.143. The molecule has 0 aliphatic rings. The molecule has 0 aromatic carbocycles. The summed E-state index contributed by atoms with van der Waals surface area (Å²) in [7, 11) is 0. The van der Waals surface area contributed by atoms with E-state index in [9.17, 15) is 14.0 Å². The van der Waals surface area contributed by atoms with E-state index in [1.54, 1.807) is 0 Å². The van der Waals surface area contributed by atoms with Gasteiger partial charge in [0.25, 0.3) is 0 Å². The SMILES string of the molecule is N[C@@H](CC(CCC[18F])C(=O)O)C(=O)O. The van der Waals surface area contributed by atoms with Crippen molar-refractivity contribution < 1.29 is 24.2 Å². The number of carboxylic acids is 2. The molecule has 14 heavy (non-hydrogen) atoms. The fraction of sp³-hybridized carbons (Fsp3) is 0.750. The lowest BCUT2D eigenvalue weighted by Gasteiger charge is -2.13. The Balaban J connectivity index is 4.08. The first-order chi connectivity index (χ1) is 6.49. The van der Waals surface area contributed by atoms with Crippen molar-refractivity contribution in [3.63, 3.8) is 0 Å². The second-order valence-electron chi connectivity index (χ2n) is 3.05. The molecule has 0 saturated carbocycles. The largest absolute Gasteiger partial charge is 0.481 e. The molecule has 0 rings (SSSR count). The quantitative estimate of drug-likeness (QED) is 0.554. The predicted octanol–water partition coefficient (Wildman–Crippen LogP) is 0.239. The highest BCUT2D eigenvalue weighted by Crippen LogP contribution is 2.13. The summed E-state index contributed by atoms with van der Waals surface area (Å²) in [6.07, 6.45) is 0.0702. The number of aliphatic carboxylic acids is 2. The van der Waals surface area contributed by atoms with Crippen LogP contribution in [0, 0.1) is 5.92 Å². The van der Waals surface area contributed by atoms with Crippen molar-refractivity contribution in [1.29, 1.82) is 0 Å². The van der Waals surface area contributed by atoms with Crippen LogP contribution in [0.1, 0.15) is 19.3 Å². The van der Waals surface area contributed by atoms with Gasteiger partial charge in [-0.2, -0.15) is 0 Å². The van der Waals surface area contributed by atoms with Gasteiger partial charge in [-0.15, -0.1) is 0 Å². The highest BCUT2D eigenvalue weighted by Gasteiger charge is 2.23. The van der Waals surface area contributed by atoms with Gasteiger partial charge in [0.15, 0.2) is 0 Å². The van der Waals surface area contributed by atoms with Gasteiger partial charge < -0.3 is 15.9 Å². The van der Waals surface area contributed by atoms with Gasteiger partial charge in [-0.3, -0.25) is 14.0 Å². The van der Waals surface area contributed by atoms with E-state index < -0.39 is 30.6 Å². The molecule has 0 aliphatic carbocycles. The Hall–Kier alpha value is -1.17. The summed E-state index contributed by atoms with van der Waals surface area (Å²) >= 11 is 0. The van der Waals surface area contributed by atoms with Gasteiger partial charge in [-0.05, 0) is 19.3 Å². The number of carboxylic acid groups (broad SMARTS) is 2. The molecule has 0 spiro atoms. The first-order valence-corrected chi connectivity index (χ1v) is 4.26. The van der Waals surface area contributed by atoms with Crippen molar-refractivity contribution in [1.82, 2.24) is 0 Å². The van der Waals surface area contributed by atoms with Crippen LogP contribution in [0.4, 0.5) is 4.39 Å². The molecule has 0 fully saturated rings. The van der Waals surface area contributed by atoms with Gasteiger partial charge in [0.05, 0.1) is 12.6 Å². The molecular formula is C8H14FNO4. The summed E-state index contributed by atoms with van der Waals surface area (Å²) in [5.41, 5.74) is 5.17. The molecule has 82 valence electrons. The average molecular weight is 206 g/mol. The van der Waals surface area contributed by atoms with Crippen LogP contribution < -0.4 is 5.73 Å². The molecule has 1 unspecified atom stereocenters. The summed E-state index contributed by atoms with van der Waals surface area (Å²) < 4.78 is 11.8. The maximum absolute atomic E-state index is 11.8. The molecule has 0 radical (unpaired) electrons. The van der Waals surface area contributed by atoms with Crippen LogP contribution >= 0.6 is 0 Å². The lowest BCUT2D eigenvalue weighted by atomic mass is 9.96. The van der Waals surface area contributed by atoms with Crippen molar-refractivity contribution in [2.45, 2.75) is 25.3 Å². The van der Waals surface area contributed by atoms with E-state index >= 15 is 0 Å². The van der Waals surface area contributed by atoms with Gasteiger partial charge in [-0.1, -0.05) is 0 Å². The van der Waals surface area contributed by atoms with Gasteiger partial charge >= 0.3 is 11.9 Å². The summed E-state index contributed by atoms with van der Waals surface area (Å²) in [6.45, 7) is -0.605. The Kier molecular flexibility index (Phi) is 5.78. The first-order valence-electron chi connectivity index (χ1n) is 4.26. The van der Waals surface area contributed by atoms with Crippen LogP contribution in [0.15, 0.2) is 0 Å². The molecule has 0 aromatic heterocycles. The van der Waals surface area contributed by atoms with Gasteiger partial charge in [0, 0.05) is 0 Å². The minimum Gasteiger partial charge on any atom is -0.481 e. The molecule has 0 bridgehead atoms. The van der Waals surface area contributed by atoms with Crippen LogP contribution in [0.3, 0.4) is 0 Å². The van der Waals surface area contributed by atoms with E-state index in [4.69, 9.17) is 15.9 Å². The number of carbonyl (C=O) groups is 2. The van der Waals surface area contributed by atoms with Crippen molar-refractivity contribution in [3.8, 4) is 0 Å². The molecule has 0 aliphatic heterocycles. The summed E-state index contributed by atoms with van der Waals surface area (Å²) in [5.74, 6) is -3.25. The standard InChI is InChI=1S/C8H14FNO4/c9-3-1-2-5(7(11)12)4-6(10)8(13)14/h5-6H,1-4,10H2,(H,11,12)(H,13,14)/t5?,6-/m0/s1/i9-1. The highest BCUT2D eigenvalue weighted by atomic mass is 18.2. The molecule has 6 heteroatoms. The third-order valence-electron chi connectivity index (χ3n) is 1.89. The maximum Gasteiger partial charge on any atom is 0.320 e. The molecule has 5 nitrogen and oxygen atoms in total. The Bertz CT molecular complexity index is 210. The van der Waals surface area contributed by atoms with Crippen LogP contribution in [0.25, 0.3) is 0 Å². The second kappa shape index (κ2) is 6.31. The third kappa shape index (κ3) is 4.76. The molecule has 0 saturated heterocycles. The summed E-state index contributed by atoms with van der Waals surface area (Å²) in [5, 5.41) is 17.1. The minimum atomic E-state index is -1.24. The normalized spacial score (nSPS) is 14.7. The number of rotatable bonds is 7. The first kappa shape index (κ1) is 12.8. The number of hydrogen-bond acceptors (Lipinski definition) is 3. The zero-order valence-electron chi connectivity index (χ0n) is 7.65. The summed E-state index contributed by atoms with van der Waals surface area (Å²) in [6, 6.07) is -1.20. The molecular weight excluding hydrogens is 192 g/mol. The second-order valence-corrected chi connectivity index (χ2v) is 3.05. The van der Waals surface area contributed by atoms with E-state index in [0.29, 0.717) is 0 Å². The Morgan fingerprint density at radius 2 is 1.86 bits per heavy atom. The van der Waals surface area contributed by atoms with Crippen molar-refractivity contribution in [2.24, 2.45) is 11.7 Å². The maximum atomic E-state index is 11.8. The van der Waals surface area contributed by atoms with E-state index in [1.807, 2.05) is 0 Å². The number of hydrogen-bond donors (Lipinski definition) is 3. The third-order valence-corrected chi connectivity index (χ3v) is 1.89. The molecule has 2 atom stereocenters. The number of nitrogens with two attached hydrogens (primary N) is 1. The fourth-order valence-corrected chi connectivity index (χ4v) is 1.07. The van der Waals surface area contributed by atoms with Gasteiger partial charge in [0.1, 0.15) is 6.04 Å². The van der Waals surface area contributed by atoms with E-state index in [-0.39, 0.29) is 19.3 Å². The van der Waals surface area contributed by atoms with Crippen LogP contribution in [0.5, 0.6) is 0 Å². The number of halogens is 1. The zero-order chi connectivity index (χ0) is 11.1. The van der Waals surface area contributed by atoms with Gasteiger partial charge in [-0.25, -0.2) is 0 Å². The monoisotopic (exact) mass is 206 g/mol. The highest BCUT2D eigenvalue weighted by molar-refractivity contribution is 5.75.